The van der Waals surface area contributed by atoms with Crippen LogP contribution in [0.4, 0.5) is 0 Å². The van der Waals surface area contributed by atoms with Gasteiger partial charge in [-0.1, -0.05) is 33.8 Å². The molecular formula is C18H26N2O. The van der Waals surface area contributed by atoms with E-state index in [9.17, 15) is 0 Å². The number of aromatic nitrogens is 1. The fourth-order valence-electron chi connectivity index (χ4n) is 2.25. The topological polar surface area (TPSA) is 34.1 Å². The Morgan fingerprint density at radius 2 is 2.05 bits per heavy atom. The van der Waals surface area contributed by atoms with E-state index in [1.54, 1.807) is 0 Å². The van der Waals surface area contributed by atoms with E-state index in [-0.39, 0.29) is 5.41 Å². The molecule has 1 heterocycles. The Balaban J connectivity index is 2.04. The SMILES string of the molecule is CCCNC(COc1ccc2cccnc2c1)C(C)(C)C. The van der Waals surface area contributed by atoms with E-state index in [1.165, 1.54) is 0 Å². The Kier molecular flexibility index (Phi) is 5.18. The molecule has 21 heavy (non-hydrogen) atoms. The summed E-state index contributed by atoms with van der Waals surface area (Å²) >= 11 is 0. The molecule has 2 aromatic rings. The third-order valence-corrected chi connectivity index (χ3v) is 3.68. The number of nitrogens with zero attached hydrogens (tertiary/aromatic N) is 1. The van der Waals surface area contributed by atoms with Crippen LogP contribution in [0.25, 0.3) is 10.9 Å². The highest BCUT2D eigenvalue weighted by Gasteiger charge is 2.24. The molecule has 1 unspecified atom stereocenters. The predicted octanol–water partition coefficient (Wildman–Crippen LogP) is 4.03. The van der Waals surface area contributed by atoms with Crippen LogP contribution in [0.5, 0.6) is 5.75 Å². The average Bonchev–Trinajstić information content (AvgIpc) is 2.45. The fraction of sp³-hybridized carbons (Fsp3) is 0.500. The summed E-state index contributed by atoms with van der Waals surface area (Å²) in [6.07, 6.45) is 2.94. The lowest BCUT2D eigenvalue weighted by Gasteiger charge is -2.31. The van der Waals surface area contributed by atoms with E-state index < -0.39 is 0 Å². The van der Waals surface area contributed by atoms with Crippen LogP contribution < -0.4 is 10.1 Å². The van der Waals surface area contributed by atoms with E-state index in [0.29, 0.717) is 12.6 Å². The van der Waals surface area contributed by atoms with Gasteiger partial charge in [-0.3, -0.25) is 4.98 Å². The van der Waals surface area contributed by atoms with Crippen molar-refractivity contribution in [3.63, 3.8) is 0 Å². The zero-order valence-electron chi connectivity index (χ0n) is 13.5. The smallest absolute Gasteiger partial charge is 0.121 e. The summed E-state index contributed by atoms with van der Waals surface area (Å²) in [7, 11) is 0. The lowest BCUT2D eigenvalue weighted by molar-refractivity contribution is 0.174. The minimum absolute atomic E-state index is 0.171. The third kappa shape index (κ3) is 4.43. The second-order valence-corrected chi connectivity index (χ2v) is 6.54. The number of rotatable bonds is 6. The summed E-state index contributed by atoms with van der Waals surface area (Å²) in [6, 6.07) is 10.4. The number of hydrogen-bond donors (Lipinski definition) is 1. The molecule has 3 heteroatoms. The second kappa shape index (κ2) is 6.90. The normalized spacial score (nSPS) is 13.3. The molecule has 1 N–H and O–H groups in total. The molecular weight excluding hydrogens is 260 g/mol. The first kappa shape index (κ1) is 15.8. The van der Waals surface area contributed by atoms with Crippen molar-refractivity contribution in [2.45, 2.75) is 40.2 Å². The van der Waals surface area contributed by atoms with Crippen molar-refractivity contribution >= 4 is 10.9 Å². The first-order valence-corrected chi connectivity index (χ1v) is 7.71. The maximum atomic E-state index is 6.00. The van der Waals surface area contributed by atoms with Crippen LogP contribution in [0.2, 0.25) is 0 Å². The average molecular weight is 286 g/mol. The second-order valence-electron chi connectivity index (χ2n) is 6.54. The van der Waals surface area contributed by atoms with E-state index >= 15 is 0 Å². The van der Waals surface area contributed by atoms with Gasteiger partial charge in [-0.15, -0.1) is 0 Å². The molecule has 3 nitrogen and oxygen atoms in total. The number of hydrogen-bond acceptors (Lipinski definition) is 3. The van der Waals surface area contributed by atoms with E-state index in [2.05, 4.69) is 50.1 Å². The van der Waals surface area contributed by atoms with Crippen molar-refractivity contribution in [2.24, 2.45) is 5.41 Å². The zero-order valence-corrected chi connectivity index (χ0v) is 13.5. The van der Waals surface area contributed by atoms with Gasteiger partial charge in [0.1, 0.15) is 12.4 Å². The monoisotopic (exact) mass is 286 g/mol. The minimum Gasteiger partial charge on any atom is -0.492 e. The van der Waals surface area contributed by atoms with Gasteiger partial charge < -0.3 is 10.1 Å². The zero-order chi connectivity index (χ0) is 15.3. The van der Waals surface area contributed by atoms with Crippen LogP contribution in [-0.2, 0) is 0 Å². The van der Waals surface area contributed by atoms with Crippen LogP contribution >= 0.6 is 0 Å². The molecule has 114 valence electrons. The minimum atomic E-state index is 0.171. The fourth-order valence-corrected chi connectivity index (χ4v) is 2.25. The van der Waals surface area contributed by atoms with Gasteiger partial charge in [-0.05, 0) is 36.6 Å². The molecule has 0 saturated heterocycles. The van der Waals surface area contributed by atoms with Crippen molar-refractivity contribution in [3.8, 4) is 5.75 Å². The number of fused-ring (bicyclic) bond motifs is 1. The van der Waals surface area contributed by atoms with Crippen molar-refractivity contribution in [1.29, 1.82) is 0 Å². The number of nitrogens with one attached hydrogen (secondary N) is 1. The van der Waals surface area contributed by atoms with Gasteiger partial charge in [0.15, 0.2) is 0 Å². The molecule has 0 spiro atoms. The molecule has 2 rings (SSSR count). The van der Waals surface area contributed by atoms with Gasteiger partial charge in [0, 0.05) is 23.7 Å². The quantitative estimate of drug-likeness (QED) is 0.870. The highest BCUT2D eigenvalue weighted by atomic mass is 16.5. The molecule has 0 amide bonds. The van der Waals surface area contributed by atoms with Crippen LogP contribution in [0.1, 0.15) is 34.1 Å². The van der Waals surface area contributed by atoms with E-state index in [4.69, 9.17) is 4.74 Å². The first-order chi connectivity index (χ1) is 10.0. The number of ether oxygens (including phenoxy) is 1. The third-order valence-electron chi connectivity index (χ3n) is 3.68. The van der Waals surface area contributed by atoms with Crippen molar-refractivity contribution in [2.75, 3.05) is 13.2 Å². The van der Waals surface area contributed by atoms with Crippen molar-refractivity contribution < 1.29 is 4.74 Å². The molecule has 0 fully saturated rings. The van der Waals surface area contributed by atoms with Crippen LogP contribution in [0, 0.1) is 5.41 Å². The Hall–Kier alpha value is -1.61. The molecule has 1 aromatic heterocycles. The highest BCUT2D eigenvalue weighted by molar-refractivity contribution is 5.79. The predicted molar refractivity (Wildman–Crippen MR) is 88.8 cm³/mol. The van der Waals surface area contributed by atoms with Gasteiger partial charge in [-0.25, -0.2) is 0 Å². The summed E-state index contributed by atoms with van der Waals surface area (Å²) in [4.78, 5) is 4.37. The van der Waals surface area contributed by atoms with Crippen LogP contribution in [-0.4, -0.2) is 24.2 Å². The summed E-state index contributed by atoms with van der Waals surface area (Å²) in [5, 5.41) is 4.72. The number of benzene rings is 1. The van der Waals surface area contributed by atoms with Gasteiger partial charge in [-0.2, -0.15) is 0 Å². The van der Waals surface area contributed by atoms with E-state index in [1.807, 2.05) is 24.4 Å². The Morgan fingerprint density at radius 1 is 1.24 bits per heavy atom. The van der Waals surface area contributed by atoms with Gasteiger partial charge in [0.05, 0.1) is 5.52 Å². The molecule has 0 saturated carbocycles. The molecule has 0 aliphatic rings. The first-order valence-electron chi connectivity index (χ1n) is 7.71. The molecule has 1 atom stereocenters. The van der Waals surface area contributed by atoms with Gasteiger partial charge >= 0.3 is 0 Å². The molecule has 1 aromatic carbocycles. The molecule has 0 radical (unpaired) electrons. The summed E-state index contributed by atoms with van der Waals surface area (Å²) in [5.74, 6) is 0.883. The van der Waals surface area contributed by atoms with Crippen molar-refractivity contribution in [3.05, 3.63) is 36.5 Å². The highest BCUT2D eigenvalue weighted by Crippen LogP contribution is 2.22. The Labute approximate surface area is 127 Å². The maximum Gasteiger partial charge on any atom is 0.121 e. The molecule has 0 aliphatic carbocycles. The number of pyridine rings is 1. The van der Waals surface area contributed by atoms with E-state index in [0.717, 1.165) is 29.6 Å². The van der Waals surface area contributed by atoms with Gasteiger partial charge in [0.2, 0.25) is 0 Å². The lowest BCUT2D eigenvalue weighted by Crippen LogP contribution is -2.45. The summed E-state index contributed by atoms with van der Waals surface area (Å²) in [6.45, 7) is 10.6. The Bertz CT molecular complexity index is 575. The summed E-state index contributed by atoms with van der Waals surface area (Å²) in [5.41, 5.74) is 1.15. The van der Waals surface area contributed by atoms with Crippen molar-refractivity contribution in [1.82, 2.24) is 10.3 Å². The van der Waals surface area contributed by atoms with Crippen LogP contribution in [0.15, 0.2) is 36.5 Å². The lowest BCUT2D eigenvalue weighted by atomic mass is 9.87. The largest absolute Gasteiger partial charge is 0.492 e. The maximum absolute atomic E-state index is 6.00. The van der Waals surface area contributed by atoms with Gasteiger partial charge in [0.25, 0.3) is 0 Å². The van der Waals surface area contributed by atoms with Crippen LogP contribution in [0.3, 0.4) is 0 Å². The molecule has 0 bridgehead atoms. The standard InChI is InChI=1S/C18H26N2O/c1-5-10-20-17(18(2,3)4)13-21-15-9-8-14-7-6-11-19-16(14)12-15/h6-9,11-12,17,20H,5,10,13H2,1-4H3. The molecule has 0 aliphatic heterocycles. The summed E-state index contributed by atoms with van der Waals surface area (Å²) < 4.78 is 6.00. The Morgan fingerprint density at radius 3 is 2.76 bits per heavy atom.